The maximum Gasteiger partial charge on any atom is 0.0239 e. The van der Waals surface area contributed by atoms with Gasteiger partial charge in [-0.05, 0) is 37.4 Å². The molecule has 1 fully saturated rings. The molecule has 2 nitrogen and oxygen atoms in total. The molecule has 0 amide bonds. The highest BCUT2D eigenvalue weighted by molar-refractivity contribution is 5.85. The number of likely N-dealkylation sites (tertiary alicyclic amines) is 1. The predicted molar refractivity (Wildman–Crippen MR) is 75.5 cm³/mol. The minimum atomic E-state index is 0. The smallest absolute Gasteiger partial charge is 0.0239 e. The molecule has 1 aliphatic heterocycles. The zero-order chi connectivity index (χ0) is 11.4. The van der Waals surface area contributed by atoms with Crippen molar-refractivity contribution in [2.24, 2.45) is 5.73 Å². The molecule has 0 radical (unpaired) electrons. The van der Waals surface area contributed by atoms with Gasteiger partial charge in [-0.2, -0.15) is 0 Å². The molecule has 1 heterocycles. The lowest BCUT2D eigenvalue weighted by molar-refractivity contribution is 0.144. The summed E-state index contributed by atoms with van der Waals surface area (Å²) < 4.78 is 0. The molecule has 1 atom stereocenters. The largest absolute Gasteiger partial charge is 0.329 e. The summed E-state index contributed by atoms with van der Waals surface area (Å²) in [6.07, 6.45) is 3.93. The fourth-order valence-electron chi connectivity index (χ4n) is 2.54. The topological polar surface area (TPSA) is 29.3 Å². The molecule has 1 aliphatic rings. The molecule has 0 bridgehead atoms. The fourth-order valence-corrected chi connectivity index (χ4v) is 2.54. The molecule has 3 heteroatoms. The van der Waals surface area contributed by atoms with Crippen LogP contribution in [0, 0.1) is 6.92 Å². The first-order valence-electron chi connectivity index (χ1n) is 6.30. The van der Waals surface area contributed by atoms with E-state index >= 15 is 0 Å². The molecular weight excluding hydrogens is 232 g/mol. The van der Waals surface area contributed by atoms with Crippen molar-refractivity contribution in [2.45, 2.75) is 38.8 Å². The Bertz CT molecular complexity index is 341. The fraction of sp³-hybridized carbons (Fsp3) is 0.571. The van der Waals surface area contributed by atoms with Gasteiger partial charge in [0.25, 0.3) is 0 Å². The van der Waals surface area contributed by atoms with E-state index in [1.54, 1.807) is 0 Å². The Hall–Kier alpha value is -0.570. The molecule has 96 valence electrons. The number of hydrogen-bond acceptors (Lipinski definition) is 2. The molecular formula is C14H23ClN2. The van der Waals surface area contributed by atoms with E-state index in [0.29, 0.717) is 6.04 Å². The Balaban J connectivity index is 0.00000144. The summed E-state index contributed by atoms with van der Waals surface area (Å²) in [6.45, 7) is 5.26. The zero-order valence-electron chi connectivity index (χ0n) is 10.6. The number of rotatable bonds is 3. The van der Waals surface area contributed by atoms with Gasteiger partial charge in [0.15, 0.2) is 0 Å². The first-order valence-corrected chi connectivity index (χ1v) is 6.30. The zero-order valence-corrected chi connectivity index (χ0v) is 11.4. The van der Waals surface area contributed by atoms with Gasteiger partial charge in [-0.1, -0.05) is 30.7 Å². The molecule has 1 unspecified atom stereocenters. The predicted octanol–water partition coefficient (Wildman–Crippen LogP) is 2.73. The van der Waals surface area contributed by atoms with Crippen molar-refractivity contribution >= 4 is 12.4 Å². The van der Waals surface area contributed by atoms with Gasteiger partial charge < -0.3 is 5.73 Å². The summed E-state index contributed by atoms with van der Waals surface area (Å²) in [5.41, 5.74) is 8.68. The molecule has 2 rings (SSSR count). The summed E-state index contributed by atoms with van der Waals surface area (Å²) in [6, 6.07) is 9.25. The Labute approximate surface area is 111 Å². The van der Waals surface area contributed by atoms with Gasteiger partial charge >= 0.3 is 0 Å². The van der Waals surface area contributed by atoms with E-state index in [0.717, 1.165) is 13.1 Å². The van der Waals surface area contributed by atoms with Gasteiger partial charge in [-0.25, -0.2) is 0 Å². The molecule has 17 heavy (non-hydrogen) atoms. The lowest BCUT2D eigenvalue weighted by atomic mass is 10.00. The third kappa shape index (κ3) is 3.70. The van der Waals surface area contributed by atoms with E-state index in [2.05, 4.69) is 36.1 Å². The Morgan fingerprint density at radius 1 is 1.29 bits per heavy atom. The van der Waals surface area contributed by atoms with Crippen molar-refractivity contribution < 1.29 is 0 Å². The second-order valence-corrected chi connectivity index (χ2v) is 4.78. The molecule has 1 saturated heterocycles. The molecule has 1 aromatic rings. The van der Waals surface area contributed by atoms with Crippen LogP contribution in [0.5, 0.6) is 0 Å². The molecule has 0 aromatic heterocycles. The highest BCUT2D eigenvalue weighted by Crippen LogP contribution is 2.20. The van der Waals surface area contributed by atoms with E-state index in [9.17, 15) is 0 Å². The summed E-state index contributed by atoms with van der Waals surface area (Å²) in [4.78, 5) is 2.55. The standard InChI is InChI=1S/C14H22N2.ClH/c1-12-6-2-3-7-13(12)11-16-9-5-4-8-14(16)10-15;/h2-3,6-7,14H,4-5,8-11,15H2,1H3;1H. The lowest BCUT2D eigenvalue weighted by Crippen LogP contribution is -2.43. The number of aryl methyl sites for hydroxylation is 1. The Morgan fingerprint density at radius 3 is 2.76 bits per heavy atom. The summed E-state index contributed by atoms with van der Waals surface area (Å²) >= 11 is 0. The van der Waals surface area contributed by atoms with Crippen molar-refractivity contribution in [3.63, 3.8) is 0 Å². The monoisotopic (exact) mass is 254 g/mol. The Morgan fingerprint density at radius 2 is 2.06 bits per heavy atom. The van der Waals surface area contributed by atoms with E-state index in [4.69, 9.17) is 5.73 Å². The number of halogens is 1. The van der Waals surface area contributed by atoms with Gasteiger partial charge in [-0.15, -0.1) is 12.4 Å². The molecule has 2 N–H and O–H groups in total. The highest BCUT2D eigenvalue weighted by atomic mass is 35.5. The number of nitrogens with zero attached hydrogens (tertiary/aromatic N) is 1. The van der Waals surface area contributed by atoms with Crippen LogP contribution in [0.3, 0.4) is 0 Å². The van der Waals surface area contributed by atoms with E-state index < -0.39 is 0 Å². The molecule has 0 aliphatic carbocycles. The third-order valence-electron chi connectivity index (χ3n) is 3.66. The van der Waals surface area contributed by atoms with E-state index in [1.807, 2.05) is 0 Å². The second kappa shape index (κ2) is 7.00. The van der Waals surface area contributed by atoms with Gasteiger partial charge in [0.2, 0.25) is 0 Å². The SMILES string of the molecule is Cc1ccccc1CN1CCCCC1CN.Cl. The van der Waals surface area contributed by atoms with Crippen LogP contribution in [-0.4, -0.2) is 24.0 Å². The van der Waals surface area contributed by atoms with Crippen LogP contribution in [0.4, 0.5) is 0 Å². The molecule has 0 saturated carbocycles. The number of benzene rings is 1. The second-order valence-electron chi connectivity index (χ2n) is 4.78. The summed E-state index contributed by atoms with van der Waals surface area (Å²) in [5.74, 6) is 0. The van der Waals surface area contributed by atoms with Crippen LogP contribution in [0.25, 0.3) is 0 Å². The molecule has 0 spiro atoms. The summed E-state index contributed by atoms with van der Waals surface area (Å²) in [5, 5.41) is 0. The minimum Gasteiger partial charge on any atom is -0.329 e. The number of hydrogen-bond donors (Lipinski definition) is 1. The summed E-state index contributed by atoms with van der Waals surface area (Å²) in [7, 11) is 0. The van der Waals surface area contributed by atoms with Crippen molar-refractivity contribution in [1.29, 1.82) is 0 Å². The van der Waals surface area contributed by atoms with Crippen LogP contribution in [0.1, 0.15) is 30.4 Å². The van der Waals surface area contributed by atoms with Gasteiger partial charge in [-0.3, -0.25) is 4.90 Å². The Kier molecular flexibility index (Phi) is 5.96. The maximum atomic E-state index is 5.84. The first-order chi connectivity index (χ1) is 7.81. The van der Waals surface area contributed by atoms with Gasteiger partial charge in [0.05, 0.1) is 0 Å². The van der Waals surface area contributed by atoms with Crippen LogP contribution >= 0.6 is 12.4 Å². The van der Waals surface area contributed by atoms with Gasteiger partial charge in [0.1, 0.15) is 0 Å². The van der Waals surface area contributed by atoms with E-state index in [1.165, 1.54) is 36.9 Å². The highest BCUT2D eigenvalue weighted by Gasteiger charge is 2.21. The normalized spacial score (nSPS) is 20.9. The third-order valence-corrected chi connectivity index (χ3v) is 3.66. The van der Waals surface area contributed by atoms with Crippen LogP contribution in [0.15, 0.2) is 24.3 Å². The van der Waals surface area contributed by atoms with Crippen molar-refractivity contribution in [1.82, 2.24) is 4.90 Å². The number of nitrogens with two attached hydrogens (primary N) is 1. The van der Waals surface area contributed by atoms with Gasteiger partial charge in [0, 0.05) is 19.1 Å². The lowest BCUT2D eigenvalue weighted by Gasteiger charge is -2.35. The number of piperidine rings is 1. The van der Waals surface area contributed by atoms with Crippen LogP contribution < -0.4 is 5.73 Å². The maximum absolute atomic E-state index is 5.84. The minimum absolute atomic E-state index is 0. The van der Waals surface area contributed by atoms with Crippen molar-refractivity contribution in [2.75, 3.05) is 13.1 Å². The van der Waals surface area contributed by atoms with Crippen molar-refractivity contribution in [3.8, 4) is 0 Å². The van der Waals surface area contributed by atoms with Crippen LogP contribution in [-0.2, 0) is 6.54 Å². The quantitative estimate of drug-likeness (QED) is 0.899. The average molecular weight is 255 g/mol. The average Bonchev–Trinajstić information content (AvgIpc) is 2.33. The van der Waals surface area contributed by atoms with Crippen LogP contribution in [0.2, 0.25) is 0 Å². The molecule has 1 aromatic carbocycles. The van der Waals surface area contributed by atoms with Crippen molar-refractivity contribution in [3.05, 3.63) is 35.4 Å². The first kappa shape index (κ1) is 14.5. The van der Waals surface area contributed by atoms with E-state index in [-0.39, 0.29) is 12.4 Å².